The van der Waals surface area contributed by atoms with Crippen LogP contribution in [0.1, 0.15) is 17.3 Å². The summed E-state index contributed by atoms with van der Waals surface area (Å²) in [6, 6.07) is 4.00. The monoisotopic (exact) mass is 150 g/mol. The molecule has 0 aliphatic carbocycles. The number of aliphatic hydroxyl groups excluding tert-OH is 1. The third kappa shape index (κ3) is 1.02. The predicted octanol–water partition coefficient (Wildman–Crippen LogP) is 0.218. The second-order valence-corrected chi connectivity index (χ2v) is 2.66. The molecule has 0 spiro atoms. The molecule has 0 saturated heterocycles. The number of hydrogen-bond acceptors (Lipinski definition) is 3. The Morgan fingerprint density at radius 1 is 1.73 bits per heavy atom. The molecule has 2 rings (SSSR count). The first kappa shape index (κ1) is 6.76. The summed E-state index contributed by atoms with van der Waals surface area (Å²) in [5.41, 5.74) is 2.20. The van der Waals surface area contributed by atoms with Crippen LogP contribution in [0, 0.1) is 0 Å². The molecule has 0 fully saturated rings. The highest BCUT2D eigenvalue weighted by Crippen LogP contribution is 2.21. The number of aliphatic hydroxyl groups is 1. The lowest BCUT2D eigenvalue weighted by Gasteiger charge is -2.04. The summed E-state index contributed by atoms with van der Waals surface area (Å²) in [6.07, 6.45) is 1.76. The number of hydrogen-bond donors (Lipinski definition) is 2. The summed E-state index contributed by atoms with van der Waals surface area (Å²) < 4.78 is 0. The molecule has 0 saturated carbocycles. The summed E-state index contributed by atoms with van der Waals surface area (Å²) in [5.74, 6) is 0. The van der Waals surface area contributed by atoms with Crippen LogP contribution in [0.25, 0.3) is 0 Å². The van der Waals surface area contributed by atoms with Crippen LogP contribution in [-0.4, -0.2) is 16.7 Å². The van der Waals surface area contributed by atoms with Gasteiger partial charge in [0.05, 0.1) is 18.3 Å². The molecule has 0 bridgehead atoms. The lowest BCUT2D eigenvalue weighted by atomic mass is 10.2. The maximum atomic E-state index is 8.91. The Balaban J connectivity index is 2.39. The van der Waals surface area contributed by atoms with Gasteiger partial charge in [-0.15, -0.1) is 0 Å². The highest BCUT2D eigenvalue weighted by atomic mass is 16.3. The molecule has 1 aliphatic heterocycles. The Morgan fingerprint density at radius 2 is 2.64 bits per heavy atom. The quantitative estimate of drug-likeness (QED) is 0.602. The SMILES string of the molecule is OCC1NCc2cccnc21. The normalized spacial score (nSPS) is 21.7. The van der Waals surface area contributed by atoms with E-state index in [-0.39, 0.29) is 12.6 Å². The minimum atomic E-state index is 0.0474. The fourth-order valence-corrected chi connectivity index (χ4v) is 1.39. The molecule has 2 N–H and O–H groups in total. The van der Waals surface area contributed by atoms with E-state index < -0.39 is 0 Å². The molecule has 3 nitrogen and oxygen atoms in total. The van der Waals surface area contributed by atoms with E-state index in [0.717, 1.165) is 12.2 Å². The zero-order chi connectivity index (χ0) is 7.68. The van der Waals surface area contributed by atoms with E-state index in [1.807, 2.05) is 12.1 Å². The van der Waals surface area contributed by atoms with E-state index >= 15 is 0 Å². The lowest BCUT2D eigenvalue weighted by Crippen LogP contribution is -2.16. The fourth-order valence-electron chi connectivity index (χ4n) is 1.39. The summed E-state index contributed by atoms with van der Waals surface area (Å²) in [6.45, 7) is 0.957. The van der Waals surface area contributed by atoms with Crippen molar-refractivity contribution >= 4 is 0 Å². The third-order valence-electron chi connectivity index (χ3n) is 1.98. The van der Waals surface area contributed by atoms with Gasteiger partial charge in [-0.05, 0) is 11.6 Å². The molecule has 1 aromatic rings. The summed E-state index contributed by atoms with van der Waals surface area (Å²) >= 11 is 0. The molecule has 2 heterocycles. The third-order valence-corrected chi connectivity index (χ3v) is 1.98. The van der Waals surface area contributed by atoms with Crippen LogP contribution in [0.15, 0.2) is 18.3 Å². The van der Waals surface area contributed by atoms with Gasteiger partial charge in [-0.3, -0.25) is 4.98 Å². The maximum Gasteiger partial charge on any atom is 0.0735 e. The van der Waals surface area contributed by atoms with Gasteiger partial charge in [0.15, 0.2) is 0 Å². The highest BCUT2D eigenvalue weighted by Gasteiger charge is 2.21. The Labute approximate surface area is 65.1 Å². The maximum absolute atomic E-state index is 8.91. The van der Waals surface area contributed by atoms with Crippen molar-refractivity contribution < 1.29 is 5.11 Å². The van der Waals surface area contributed by atoms with Gasteiger partial charge in [0.1, 0.15) is 0 Å². The standard InChI is InChI=1S/C8H10N2O/c11-5-7-8-6(4-10-7)2-1-3-9-8/h1-3,7,10-11H,4-5H2. The van der Waals surface area contributed by atoms with Crippen LogP contribution in [0.5, 0.6) is 0 Å². The van der Waals surface area contributed by atoms with Crippen molar-refractivity contribution in [2.45, 2.75) is 12.6 Å². The van der Waals surface area contributed by atoms with Crippen LogP contribution in [0.3, 0.4) is 0 Å². The van der Waals surface area contributed by atoms with Crippen LogP contribution >= 0.6 is 0 Å². The van der Waals surface area contributed by atoms with Crippen molar-refractivity contribution in [2.24, 2.45) is 0 Å². The van der Waals surface area contributed by atoms with Gasteiger partial charge in [-0.1, -0.05) is 6.07 Å². The van der Waals surface area contributed by atoms with Gasteiger partial charge in [0.25, 0.3) is 0 Å². The lowest BCUT2D eigenvalue weighted by molar-refractivity contribution is 0.249. The van der Waals surface area contributed by atoms with Gasteiger partial charge in [0.2, 0.25) is 0 Å². The van der Waals surface area contributed by atoms with Gasteiger partial charge in [-0.2, -0.15) is 0 Å². The number of aromatic nitrogens is 1. The van der Waals surface area contributed by atoms with E-state index in [4.69, 9.17) is 5.11 Å². The first-order chi connectivity index (χ1) is 5.42. The van der Waals surface area contributed by atoms with E-state index in [2.05, 4.69) is 10.3 Å². The Hall–Kier alpha value is -0.930. The summed E-state index contributed by atoms with van der Waals surface area (Å²) in [5, 5.41) is 12.1. The van der Waals surface area contributed by atoms with E-state index in [1.165, 1.54) is 5.56 Å². The fraction of sp³-hybridized carbons (Fsp3) is 0.375. The minimum Gasteiger partial charge on any atom is -0.394 e. The molecule has 3 heteroatoms. The first-order valence-electron chi connectivity index (χ1n) is 3.70. The number of nitrogens with zero attached hydrogens (tertiary/aromatic N) is 1. The summed E-state index contributed by atoms with van der Waals surface area (Å²) in [7, 11) is 0. The van der Waals surface area contributed by atoms with Gasteiger partial charge in [0, 0.05) is 12.7 Å². The number of nitrogens with one attached hydrogen (secondary N) is 1. The highest BCUT2D eigenvalue weighted by molar-refractivity contribution is 5.26. The molecule has 1 aromatic heterocycles. The summed E-state index contributed by atoms with van der Waals surface area (Å²) in [4.78, 5) is 4.19. The number of fused-ring (bicyclic) bond motifs is 1. The Bertz CT molecular complexity index is 262. The first-order valence-corrected chi connectivity index (χ1v) is 3.70. The average molecular weight is 150 g/mol. The Morgan fingerprint density at radius 3 is 3.45 bits per heavy atom. The number of rotatable bonds is 1. The van der Waals surface area contributed by atoms with Gasteiger partial charge < -0.3 is 10.4 Å². The molecular formula is C8H10N2O. The van der Waals surface area contributed by atoms with Gasteiger partial charge in [-0.25, -0.2) is 0 Å². The van der Waals surface area contributed by atoms with Crippen molar-refractivity contribution in [3.05, 3.63) is 29.6 Å². The van der Waals surface area contributed by atoms with Crippen molar-refractivity contribution in [3.8, 4) is 0 Å². The second kappa shape index (κ2) is 2.60. The molecule has 0 radical (unpaired) electrons. The van der Waals surface area contributed by atoms with Crippen LogP contribution in [0.2, 0.25) is 0 Å². The second-order valence-electron chi connectivity index (χ2n) is 2.66. The molecule has 1 atom stereocenters. The zero-order valence-corrected chi connectivity index (χ0v) is 6.12. The van der Waals surface area contributed by atoms with Crippen molar-refractivity contribution in [1.29, 1.82) is 0 Å². The predicted molar refractivity (Wildman–Crippen MR) is 40.9 cm³/mol. The number of pyridine rings is 1. The molecule has 1 aliphatic rings. The van der Waals surface area contributed by atoms with Crippen LogP contribution in [-0.2, 0) is 6.54 Å². The molecular weight excluding hydrogens is 140 g/mol. The largest absolute Gasteiger partial charge is 0.394 e. The van der Waals surface area contributed by atoms with E-state index in [0.29, 0.717) is 0 Å². The molecule has 11 heavy (non-hydrogen) atoms. The van der Waals surface area contributed by atoms with Crippen molar-refractivity contribution in [2.75, 3.05) is 6.61 Å². The van der Waals surface area contributed by atoms with Gasteiger partial charge >= 0.3 is 0 Å². The van der Waals surface area contributed by atoms with Crippen LogP contribution in [0.4, 0.5) is 0 Å². The van der Waals surface area contributed by atoms with Crippen LogP contribution < -0.4 is 5.32 Å². The Kier molecular flexibility index (Phi) is 1.60. The molecule has 0 amide bonds. The smallest absolute Gasteiger partial charge is 0.0735 e. The molecule has 1 unspecified atom stereocenters. The zero-order valence-electron chi connectivity index (χ0n) is 6.12. The molecule has 0 aromatic carbocycles. The molecule has 58 valence electrons. The van der Waals surface area contributed by atoms with Crippen molar-refractivity contribution in [1.82, 2.24) is 10.3 Å². The van der Waals surface area contributed by atoms with E-state index in [9.17, 15) is 0 Å². The average Bonchev–Trinajstić information content (AvgIpc) is 2.47. The topological polar surface area (TPSA) is 45.1 Å². The van der Waals surface area contributed by atoms with E-state index in [1.54, 1.807) is 6.20 Å². The van der Waals surface area contributed by atoms with Crippen molar-refractivity contribution in [3.63, 3.8) is 0 Å². The minimum absolute atomic E-state index is 0.0474.